The molecule has 0 spiro atoms. The van der Waals surface area contributed by atoms with E-state index in [4.69, 9.17) is 23.2 Å². The first-order valence-corrected chi connectivity index (χ1v) is 9.68. The van der Waals surface area contributed by atoms with E-state index in [1.807, 2.05) is 42.2 Å². The highest BCUT2D eigenvalue weighted by Gasteiger charge is 2.42. The van der Waals surface area contributed by atoms with E-state index in [-0.39, 0.29) is 11.9 Å². The van der Waals surface area contributed by atoms with Crippen molar-refractivity contribution in [1.29, 1.82) is 0 Å². The average Bonchev–Trinajstić information content (AvgIpc) is 3.17. The van der Waals surface area contributed by atoms with Crippen LogP contribution in [0.4, 0.5) is 0 Å². The van der Waals surface area contributed by atoms with E-state index in [1.54, 1.807) is 12.1 Å². The van der Waals surface area contributed by atoms with Crippen molar-refractivity contribution in [3.63, 3.8) is 0 Å². The van der Waals surface area contributed by atoms with Gasteiger partial charge in [0.1, 0.15) is 5.69 Å². The average molecular weight is 400 g/mol. The fraction of sp³-hybridized carbons (Fsp3) is 0.238. The molecule has 1 aliphatic rings. The molecule has 2 heterocycles. The molecule has 0 bridgehead atoms. The highest BCUT2D eigenvalue weighted by molar-refractivity contribution is 6.35. The fourth-order valence-electron chi connectivity index (χ4n) is 3.65. The van der Waals surface area contributed by atoms with Gasteiger partial charge in [0.25, 0.3) is 5.91 Å². The van der Waals surface area contributed by atoms with E-state index in [0.717, 1.165) is 28.8 Å². The molecule has 4 nitrogen and oxygen atoms in total. The Morgan fingerprint density at radius 1 is 1.15 bits per heavy atom. The number of aromatic nitrogens is 2. The number of aryl methyl sites for hydroxylation is 1. The number of benzene rings is 2. The summed E-state index contributed by atoms with van der Waals surface area (Å²) in [4.78, 5) is 14.9. The molecule has 2 aromatic carbocycles. The molecule has 0 radical (unpaired) electrons. The quantitative estimate of drug-likeness (QED) is 0.616. The molecule has 0 saturated heterocycles. The van der Waals surface area contributed by atoms with Crippen molar-refractivity contribution in [3.05, 3.63) is 74.9 Å². The number of hydrogen-bond acceptors (Lipinski definition) is 2. The van der Waals surface area contributed by atoms with Crippen molar-refractivity contribution in [2.75, 3.05) is 6.54 Å². The maximum absolute atomic E-state index is 13.0. The van der Waals surface area contributed by atoms with Gasteiger partial charge in [0, 0.05) is 27.7 Å². The van der Waals surface area contributed by atoms with Crippen LogP contribution >= 0.6 is 23.2 Å². The predicted molar refractivity (Wildman–Crippen MR) is 108 cm³/mol. The van der Waals surface area contributed by atoms with Crippen LogP contribution in [0.15, 0.2) is 42.5 Å². The second-order valence-electron chi connectivity index (χ2n) is 6.79. The van der Waals surface area contributed by atoms with Gasteiger partial charge in [-0.25, -0.2) is 0 Å². The first-order chi connectivity index (χ1) is 13.0. The number of carbonyl (C=O) groups is 1. The van der Waals surface area contributed by atoms with Crippen molar-refractivity contribution in [2.24, 2.45) is 0 Å². The monoisotopic (exact) mass is 399 g/mol. The fourth-order valence-corrected chi connectivity index (χ4v) is 4.16. The number of nitrogens with zero attached hydrogens (tertiary/aromatic N) is 2. The Hall–Kier alpha value is -2.30. The number of aromatic amines is 1. The molecule has 1 aliphatic heterocycles. The molecular weight excluding hydrogens is 381 g/mol. The molecule has 4 rings (SSSR count). The largest absolute Gasteiger partial charge is 0.326 e. The summed E-state index contributed by atoms with van der Waals surface area (Å²) in [7, 11) is 0. The van der Waals surface area contributed by atoms with Gasteiger partial charge in [-0.2, -0.15) is 5.10 Å². The lowest BCUT2D eigenvalue weighted by atomic mass is 9.95. The second kappa shape index (κ2) is 7.02. The van der Waals surface area contributed by atoms with Gasteiger partial charge in [0.15, 0.2) is 0 Å². The first-order valence-electron chi connectivity index (χ1n) is 8.92. The lowest BCUT2D eigenvalue weighted by molar-refractivity contribution is 0.0744. The number of amides is 1. The van der Waals surface area contributed by atoms with Gasteiger partial charge >= 0.3 is 0 Å². The van der Waals surface area contributed by atoms with Crippen LogP contribution in [-0.2, 0) is 0 Å². The number of halogens is 2. The minimum absolute atomic E-state index is 0.0475. The molecule has 6 heteroatoms. The summed E-state index contributed by atoms with van der Waals surface area (Å²) >= 11 is 12.6. The van der Waals surface area contributed by atoms with Crippen LogP contribution in [0.3, 0.4) is 0 Å². The van der Waals surface area contributed by atoms with Crippen LogP contribution in [0.1, 0.15) is 46.6 Å². The third-order valence-electron chi connectivity index (χ3n) is 4.91. The topological polar surface area (TPSA) is 49.0 Å². The molecule has 27 heavy (non-hydrogen) atoms. The molecule has 3 aromatic rings. The predicted octanol–water partition coefficient (Wildman–Crippen LogP) is 5.65. The molecule has 0 saturated carbocycles. The standard InChI is InChI=1S/C21H19Cl2N3O/c1-3-10-26-20(15-9-8-14(22)11-16(15)23)17-18(24-25-19(17)21(26)27)13-6-4-12(2)5-7-13/h4-9,11,20H,3,10H2,1-2H3,(H,24,25). The summed E-state index contributed by atoms with van der Waals surface area (Å²) in [5.74, 6) is -0.0475. The van der Waals surface area contributed by atoms with Gasteiger partial charge in [-0.3, -0.25) is 9.89 Å². The number of hydrogen-bond donors (Lipinski definition) is 1. The van der Waals surface area contributed by atoms with E-state index in [9.17, 15) is 4.79 Å². The Kier molecular flexibility index (Phi) is 4.70. The molecule has 0 aliphatic carbocycles. The van der Waals surface area contributed by atoms with E-state index >= 15 is 0 Å². The van der Waals surface area contributed by atoms with Crippen molar-refractivity contribution in [3.8, 4) is 11.3 Å². The van der Waals surface area contributed by atoms with Gasteiger partial charge in [-0.05, 0) is 31.0 Å². The summed E-state index contributed by atoms with van der Waals surface area (Å²) in [5.41, 5.74) is 5.20. The van der Waals surface area contributed by atoms with Gasteiger partial charge < -0.3 is 4.90 Å². The van der Waals surface area contributed by atoms with Crippen LogP contribution in [0, 0.1) is 6.92 Å². The molecule has 1 atom stereocenters. The summed E-state index contributed by atoms with van der Waals surface area (Å²) in [5, 5.41) is 8.54. The molecule has 138 valence electrons. The Bertz CT molecular complexity index is 1010. The lowest BCUT2D eigenvalue weighted by Gasteiger charge is -2.26. The minimum Gasteiger partial charge on any atom is -0.326 e. The lowest BCUT2D eigenvalue weighted by Crippen LogP contribution is -2.30. The molecule has 1 amide bonds. The zero-order chi connectivity index (χ0) is 19.1. The minimum atomic E-state index is -0.285. The number of H-pyrrole nitrogens is 1. The maximum Gasteiger partial charge on any atom is 0.273 e. The van der Waals surface area contributed by atoms with Gasteiger partial charge in [-0.15, -0.1) is 0 Å². The molecule has 1 unspecified atom stereocenters. The zero-order valence-corrected chi connectivity index (χ0v) is 16.6. The van der Waals surface area contributed by atoms with Crippen LogP contribution in [0.5, 0.6) is 0 Å². The highest BCUT2D eigenvalue weighted by Crippen LogP contribution is 2.45. The Balaban J connectivity index is 1.91. The van der Waals surface area contributed by atoms with Crippen molar-refractivity contribution in [1.82, 2.24) is 15.1 Å². The van der Waals surface area contributed by atoms with E-state index in [0.29, 0.717) is 22.3 Å². The zero-order valence-electron chi connectivity index (χ0n) is 15.1. The maximum atomic E-state index is 13.0. The highest BCUT2D eigenvalue weighted by atomic mass is 35.5. The normalized spacial score (nSPS) is 16.1. The molecule has 1 N–H and O–H groups in total. The summed E-state index contributed by atoms with van der Waals surface area (Å²) < 4.78 is 0. The first kappa shape index (κ1) is 18.1. The van der Waals surface area contributed by atoms with Crippen molar-refractivity contribution in [2.45, 2.75) is 26.3 Å². The van der Waals surface area contributed by atoms with Crippen molar-refractivity contribution >= 4 is 29.1 Å². The van der Waals surface area contributed by atoms with Crippen LogP contribution < -0.4 is 0 Å². The second-order valence-corrected chi connectivity index (χ2v) is 7.64. The van der Waals surface area contributed by atoms with Gasteiger partial charge in [-0.1, -0.05) is 66.0 Å². The van der Waals surface area contributed by atoms with Gasteiger partial charge in [0.2, 0.25) is 0 Å². The SMILES string of the molecule is CCCN1C(=O)c2[nH]nc(-c3ccc(C)cc3)c2C1c1ccc(Cl)cc1Cl. The van der Waals surface area contributed by atoms with Crippen LogP contribution in [-0.4, -0.2) is 27.5 Å². The number of nitrogens with one attached hydrogen (secondary N) is 1. The van der Waals surface area contributed by atoms with E-state index in [2.05, 4.69) is 17.1 Å². The number of rotatable bonds is 4. The Morgan fingerprint density at radius 2 is 1.89 bits per heavy atom. The number of fused-ring (bicyclic) bond motifs is 1. The summed E-state index contributed by atoms with van der Waals surface area (Å²) in [6.07, 6.45) is 0.852. The molecular formula is C21H19Cl2N3O. The van der Waals surface area contributed by atoms with Gasteiger partial charge in [0.05, 0.1) is 11.7 Å². The Labute approximate surface area is 168 Å². The molecule has 1 aromatic heterocycles. The summed E-state index contributed by atoms with van der Waals surface area (Å²) in [6.45, 7) is 4.74. The number of carbonyl (C=O) groups excluding carboxylic acids is 1. The molecule has 0 fully saturated rings. The van der Waals surface area contributed by atoms with Crippen LogP contribution in [0.25, 0.3) is 11.3 Å². The van der Waals surface area contributed by atoms with E-state index in [1.165, 1.54) is 5.56 Å². The van der Waals surface area contributed by atoms with Crippen LogP contribution in [0.2, 0.25) is 10.0 Å². The van der Waals surface area contributed by atoms with Crippen molar-refractivity contribution < 1.29 is 4.79 Å². The third-order valence-corrected chi connectivity index (χ3v) is 5.47. The Morgan fingerprint density at radius 3 is 2.56 bits per heavy atom. The van der Waals surface area contributed by atoms with E-state index < -0.39 is 0 Å². The third kappa shape index (κ3) is 3.03. The smallest absolute Gasteiger partial charge is 0.273 e. The summed E-state index contributed by atoms with van der Waals surface area (Å²) in [6, 6.07) is 13.3.